The van der Waals surface area contributed by atoms with Crippen LogP contribution in [0.1, 0.15) is 44.1 Å². The number of hydrogen-bond acceptors (Lipinski definition) is 4. The highest BCUT2D eigenvalue weighted by Gasteiger charge is 2.40. The monoisotopic (exact) mass is 293 g/mol. The maximum Gasteiger partial charge on any atom is 0.160 e. The van der Waals surface area contributed by atoms with E-state index in [4.69, 9.17) is 15.2 Å². The smallest absolute Gasteiger partial charge is 0.160 e. The Morgan fingerprint density at radius 2 is 1.81 bits per heavy atom. The number of rotatable bonds is 6. The normalized spacial score (nSPS) is 20.0. The summed E-state index contributed by atoms with van der Waals surface area (Å²) in [7, 11) is 3.24. The van der Waals surface area contributed by atoms with Gasteiger partial charge in [-0.2, -0.15) is 0 Å². The molecular formula is C17H27NO3. The van der Waals surface area contributed by atoms with Crippen molar-refractivity contribution in [3.05, 3.63) is 23.8 Å². The lowest BCUT2D eigenvalue weighted by atomic mass is 9.74. The van der Waals surface area contributed by atoms with E-state index in [0.29, 0.717) is 18.0 Å². The molecule has 0 bridgehead atoms. The van der Waals surface area contributed by atoms with Gasteiger partial charge in [0.15, 0.2) is 11.5 Å². The quantitative estimate of drug-likeness (QED) is 0.846. The lowest BCUT2D eigenvalue weighted by Crippen LogP contribution is -2.38. The SMILES string of the molecule is COc1ccc(C(CN)C(O)C2(C)CCCC2)cc1OC. The third-order valence-corrected chi connectivity index (χ3v) is 4.93. The minimum atomic E-state index is -0.428. The Morgan fingerprint density at radius 3 is 2.33 bits per heavy atom. The van der Waals surface area contributed by atoms with E-state index in [9.17, 15) is 5.11 Å². The van der Waals surface area contributed by atoms with Gasteiger partial charge >= 0.3 is 0 Å². The van der Waals surface area contributed by atoms with Crippen LogP contribution < -0.4 is 15.2 Å². The maximum atomic E-state index is 10.9. The number of methoxy groups -OCH3 is 2. The van der Waals surface area contributed by atoms with Crippen LogP contribution in [0.2, 0.25) is 0 Å². The highest BCUT2D eigenvalue weighted by Crippen LogP contribution is 2.45. The van der Waals surface area contributed by atoms with Gasteiger partial charge in [0.25, 0.3) is 0 Å². The van der Waals surface area contributed by atoms with Crippen molar-refractivity contribution < 1.29 is 14.6 Å². The summed E-state index contributed by atoms with van der Waals surface area (Å²) in [5.74, 6) is 1.30. The van der Waals surface area contributed by atoms with Crippen LogP contribution in [0.25, 0.3) is 0 Å². The van der Waals surface area contributed by atoms with Gasteiger partial charge in [-0.05, 0) is 36.0 Å². The molecule has 2 atom stereocenters. The molecule has 0 spiro atoms. The Kier molecular flexibility index (Phi) is 5.12. The Hall–Kier alpha value is -1.26. The van der Waals surface area contributed by atoms with Crippen molar-refractivity contribution in [2.24, 2.45) is 11.1 Å². The molecule has 0 aliphatic heterocycles. The summed E-state index contributed by atoms with van der Waals surface area (Å²) >= 11 is 0. The minimum absolute atomic E-state index is 0.0306. The second kappa shape index (κ2) is 6.67. The molecule has 21 heavy (non-hydrogen) atoms. The molecule has 0 heterocycles. The third kappa shape index (κ3) is 3.16. The summed E-state index contributed by atoms with van der Waals surface area (Å²) < 4.78 is 10.6. The molecule has 0 aromatic heterocycles. The molecule has 1 aromatic rings. The van der Waals surface area contributed by atoms with Crippen LogP contribution in [0.5, 0.6) is 11.5 Å². The van der Waals surface area contributed by atoms with E-state index in [2.05, 4.69) is 6.92 Å². The van der Waals surface area contributed by atoms with E-state index in [1.807, 2.05) is 18.2 Å². The van der Waals surface area contributed by atoms with Crippen LogP contribution in [0.15, 0.2) is 18.2 Å². The Morgan fingerprint density at radius 1 is 1.19 bits per heavy atom. The van der Waals surface area contributed by atoms with Crippen molar-refractivity contribution in [3.63, 3.8) is 0 Å². The highest BCUT2D eigenvalue weighted by molar-refractivity contribution is 5.44. The van der Waals surface area contributed by atoms with Gasteiger partial charge in [0.2, 0.25) is 0 Å². The van der Waals surface area contributed by atoms with Crippen molar-refractivity contribution in [2.75, 3.05) is 20.8 Å². The zero-order valence-electron chi connectivity index (χ0n) is 13.3. The molecule has 0 saturated heterocycles. The van der Waals surface area contributed by atoms with E-state index in [0.717, 1.165) is 18.4 Å². The largest absolute Gasteiger partial charge is 0.493 e. The average molecular weight is 293 g/mol. The molecule has 4 nitrogen and oxygen atoms in total. The van der Waals surface area contributed by atoms with Gasteiger partial charge in [-0.3, -0.25) is 0 Å². The summed E-state index contributed by atoms with van der Waals surface area (Å²) in [6.45, 7) is 2.60. The van der Waals surface area contributed by atoms with Crippen LogP contribution >= 0.6 is 0 Å². The van der Waals surface area contributed by atoms with E-state index in [-0.39, 0.29) is 11.3 Å². The van der Waals surface area contributed by atoms with Crippen LogP contribution in [0.3, 0.4) is 0 Å². The summed E-state index contributed by atoms with van der Waals surface area (Å²) in [5, 5.41) is 10.9. The van der Waals surface area contributed by atoms with E-state index in [1.165, 1.54) is 12.8 Å². The molecular weight excluding hydrogens is 266 g/mol. The molecule has 2 rings (SSSR count). The van der Waals surface area contributed by atoms with Gasteiger partial charge in [0.05, 0.1) is 20.3 Å². The first kappa shape index (κ1) is 16.1. The van der Waals surface area contributed by atoms with Gasteiger partial charge in [-0.15, -0.1) is 0 Å². The van der Waals surface area contributed by atoms with Gasteiger partial charge < -0.3 is 20.3 Å². The molecule has 2 unspecified atom stereocenters. The third-order valence-electron chi connectivity index (χ3n) is 4.93. The highest BCUT2D eigenvalue weighted by atomic mass is 16.5. The van der Waals surface area contributed by atoms with Crippen molar-refractivity contribution in [3.8, 4) is 11.5 Å². The van der Waals surface area contributed by atoms with Crippen LogP contribution in [-0.4, -0.2) is 32.0 Å². The van der Waals surface area contributed by atoms with Gasteiger partial charge in [-0.25, -0.2) is 0 Å². The Bertz CT molecular complexity index is 469. The van der Waals surface area contributed by atoms with Gasteiger partial charge in [-0.1, -0.05) is 25.8 Å². The molecule has 4 heteroatoms. The zero-order valence-corrected chi connectivity index (χ0v) is 13.3. The first-order valence-corrected chi connectivity index (χ1v) is 7.66. The molecule has 1 aliphatic carbocycles. The number of aliphatic hydroxyl groups is 1. The Labute approximate surface area is 127 Å². The topological polar surface area (TPSA) is 64.7 Å². The summed E-state index contributed by atoms with van der Waals surface area (Å²) in [6.07, 6.45) is 4.09. The van der Waals surface area contributed by atoms with E-state index < -0.39 is 6.10 Å². The maximum absolute atomic E-state index is 10.9. The number of hydrogen-bond donors (Lipinski definition) is 2. The zero-order chi connectivity index (χ0) is 15.5. The average Bonchev–Trinajstić information content (AvgIpc) is 2.95. The first-order chi connectivity index (χ1) is 10.1. The number of ether oxygens (including phenoxy) is 2. The molecule has 1 aliphatic rings. The van der Waals surface area contributed by atoms with Crippen molar-refractivity contribution >= 4 is 0 Å². The van der Waals surface area contributed by atoms with Crippen LogP contribution in [-0.2, 0) is 0 Å². The van der Waals surface area contributed by atoms with Gasteiger partial charge in [0.1, 0.15) is 0 Å². The predicted molar refractivity (Wildman–Crippen MR) is 83.9 cm³/mol. The second-order valence-electron chi connectivity index (χ2n) is 6.26. The molecule has 118 valence electrons. The lowest BCUT2D eigenvalue weighted by Gasteiger charge is -2.35. The predicted octanol–water partition coefficient (Wildman–Crippen LogP) is 2.69. The molecule has 1 fully saturated rings. The van der Waals surface area contributed by atoms with Crippen LogP contribution in [0, 0.1) is 5.41 Å². The second-order valence-corrected chi connectivity index (χ2v) is 6.26. The number of aliphatic hydroxyl groups excluding tert-OH is 1. The fourth-order valence-corrected chi connectivity index (χ4v) is 3.49. The molecule has 0 amide bonds. The van der Waals surface area contributed by atoms with Crippen LogP contribution in [0.4, 0.5) is 0 Å². The fraction of sp³-hybridized carbons (Fsp3) is 0.647. The molecule has 0 radical (unpaired) electrons. The van der Waals surface area contributed by atoms with Crippen molar-refractivity contribution in [1.82, 2.24) is 0 Å². The van der Waals surface area contributed by atoms with Gasteiger partial charge in [0, 0.05) is 12.5 Å². The minimum Gasteiger partial charge on any atom is -0.493 e. The Balaban J connectivity index is 2.28. The van der Waals surface area contributed by atoms with Crippen molar-refractivity contribution in [2.45, 2.75) is 44.6 Å². The molecule has 1 saturated carbocycles. The molecule has 3 N–H and O–H groups in total. The number of benzene rings is 1. The van der Waals surface area contributed by atoms with E-state index in [1.54, 1.807) is 14.2 Å². The molecule has 1 aromatic carbocycles. The summed E-state index contributed by atoms with van der Waals surface area (Å²) in [5.41, 5.74) is 6.94. The first-order valence-electron chi connectivity index (χ1n) is 7.66. The summed E-state index contributed by atoms with van der Waals surface area (Å²) in [4.78, 5) is 0. The van der Waals surface area contributed by atoms with E-state index >= 15 is 0 Å². The standard InChI is InChI=1S/C17H27NO3/c1-17(8-4-5-9-17)16(19)13(11-18)12-6-7-14(20-2)15(10-12)21-3/h6-7,10,13,16,19H,4-5,8-9,11,18H2,1-3H3. The van der Waals surface area contributed by atoms with Crippen molar-refractivity contribution in [1.29, 1.82) is 0 Å². The fourth-order valence-electron chi connectivity index (χ4n) is 3.49. The lowest BCUT2D eigenvalue weighted by molar-refractivity contribution is 0.0212. The summed E-state index contributed by atoms with van der Waals surface area (Å²) in [6, 6.07) is 5.78. The number of nitrogens with two attached hydrogens (primary N) is 1.